The maximum atomic E-state index is 5.52. The van der Waals surface area contributed by atoms with Crippen LogP contribution in [-0.4, -0.2) is 7.11 Å². The lowest BCUT2D eigenvalue weighted by molar-refractivity contribution is 0.412. The molecule has 3 rings (SSSR count). The fourth-order valence-corrected chi connectivity index (χ4v) is 2.77. The number of hydrogen-bond donors (Lipinski definition) is 0. The van der Waals surface area contributed by atoms with E-state index in [1.165, 1.54) is 34.7 Å². The van der Waals surface area contributed by atoms with E-state index in [4.69, 9.17) is 4.74 Å². The first-order valence-corrected chi connectivity index (χ1v) is 6.48. The summed E-state index contributed by atoms with van der Waals surface area (Å²) in [5, 5.41) is 2.64. The molecule has 0 atom stereocenters. The summed E-state index contributed by atoms with van der Waals surface area (Å²) in [7, 11) is 1.75. The van der Waals surface area contributed by atoms with E-state index in [0.717, 1.165) is 17.2 Å². The third-order valence-corrected chi connectivity index (χ3v) is 3.87. The predicted octanol–water partition coefficient (Wildman–Crippen LogP) is 4.68. The molecule has 92 valence electrons. The quantitative estimate of drug-likeness (QED) is 0.754. The normalized spacial score (nSPS) is 14.8. The number of fused-ring (bicyclic) bond motifs is 1. The molecular weight excluding hydrogens is 220 g/mol. The van der Waals surface area contributed by atoms with Gasteiger partial charge in [0, 0.05) is 0 Å². The summed E-state index contributed by atoms with van der Waals surface area (Å²) >= 11 is 0. The fraction of sp³-hybridized carbons (Fsp3) is 0.294. The fourth-order valence-electron chi connectivity index (χ4n) is 2.77. The Morgan fingerprint density at radius 2 is 2.06 bits per heavy atom. The molecule has 0 N–H and O–H groups in total. The van der Waals surface area contributed by atoms with Crippen LogP contribution >= 0.6 is 0 Å². The largest absolute Gasteiger partial charge is 0.496 e. The lowest BCUT2D eigenvalue weighted by Gasteiger charge is -2.14. The Morgan fingerprint density at radius 3 is 2.67 bits per heavy atom. The summed E-state index contributed by atoms with van der Waals surface area (Å²) in [6.07, 6.45) is 4.52. The standard InChI is InChI=1S/C17H18O/c1-4-12-5-8-15-14(9-12)10-16(18-3)11(2)17(15)13-6-7-13/h4-5,8-10,13H,1,6-7H2,2-3H3. The molecular formula is C17H18O. The zero-order valence-electron chi connectivity index (χ0n) is 11.0. The van der Waals surface area contributed by atoms with Gasteiger partial charge in [0.2, 0.25) is 0 Å². The van der Waals surface area contributed by atoms with Crippen molar-refractivity contribution in [1.82, 2.24) is 0 Å². The number of rotatable bonds is 3. The highest BCUT2D eigenvalue weighted by Gasteiger charge is 2.28. The summed E-state index contributed by atoms with van der Waals surface area (Å²) in [4.78, 5) is 0. The number of benzene rings is 2. The van der Waals surface area contributed by atoms with Gasteiger partial charge in [-0.2, -0.15) is 0 Å². The highest BCUT2D eigenvalue weighted by atomic mass is 16.5. The van der Waals surface area contributed by atoms with Crippen LogP contribution in [0.5, 0.6) is 5.75 Å². The van der Waals surface area contributed by atoms with Gasteiger partial charge in [0.25, 0.3) is 0 Å². The number of hydrogen-bond acceptors (Lipinski definition) is 1. The van der Waals surface area contributed by atoms with Crippen molar-refractivity contribution in [2.24, 2.45) is 0 Å². The predicted molar refractivity (Wildman–Crippen MR) is 77.3 cm³/mol. The zero-order chi connectivity index (χ0) is 12.7. The summed E-state index contributed by atoms with van der Waals surface area (Å²) in [6, 6.07) is 8.71. The van der Waals surface area contributed by atoms with Crippen LogP contribution in [0.25, 0.3) is 16.8 Å². The minimum Gasteiger partial charge on any atom is -0.496 e. The van der Waals surface area contributed by atoms with Gasteiger partial charge in [-0.05, 0) is 65.3 Å². The molecule has 0 heterocycles. The van der Waals surface area contributed by atoms with E-state index in [1.54, 1.807) is 7.11 Å². The van der Waals surface area contributed by atoms with Crippen LogP contribution in [-0.2, 0) is 0 Å². The summed E-state index contributed by atoms with van der Waals surface area (Å²) in [5.41, 5.74) is 3.95. The van der Waals surface area contributed by atoms with Gasteiger partial charge in [-0.15, -0.1) is 0 Å². The molecule has 0 aliphatic heterocycles. The molecule has 1 heteroatoms. The van der Waals surface area contributed by atoms with Gasteiger partial charge in [-0.1, -0.05) is 24.8 Å². The Labute approximate surface area is 108 Å². The van der Waals surface area contributed by atoms with E-state index in [1.807, 2.05) is 6.08 Å². The highest BCUT2D eigenvalue weighted by Crippen LogP contribution is 2.47. The van der Waals surface area contributed by atoms with Crippen LogP contribution in [0.4, 0.5) is 0 Å². The summed E-state index contributed by atoms with van der Waals surface area (Å²) < 4.78 is 5.52. The zero-order valence-corrected chi connectivity index (χ0v) is 11.0. The molecule has 1 nitrogen and oxygen atoms in total. The van der Waals surface area contributed by atoms with Crippen LogP contribution < -0.4 is 4.74 Å². The van der Waals surface area contributed by atoms with Crippen molar-refractivity contribution in [3.8, 4) is 5.75 Å². The van der Waals surface area contributed by atoms with Crippen molar-refractivity contribution < 1.29 is 4.74 Å². The SMILES string of the molecule is C=Cc1ccc2c(C3CC3)c(C)c(OC)cc2c1. The smallest absolute Gasteiger partial charge is 0.122 e. The van der Waals surface area contributed by atoms with Gasteiger partial charge in [0.15, 0.2) is 0 Å². The van der Waals surface area contributed by atoms with E-state index < -0.39 is 0 Å². The summed E-state index contributed by atoms with van der Waals surface area (Å²) in [6.45, 7) is 6.01. The van der Waals surface area contributed by atoms with Crippen LogP contribution in [0, 0.1) is 6.92 Å². The molecule has 0 unspecified atom stereocenters. The maximum Gasteiger partial charge on any atom is 0.122 e. The minimum absolute atomic E-state index is 0.734. The molecule has 1 aliphatic carbocycles. The number of methoxy groups -OCH3 is 1. The lowest BCUT2D eigenvalue weighted by Crippen LogP contribution is -1.95. The lowest BCUT2D eigenvalue weighted by atomic mass is 9.94. The van der Waals surface area contributed by atoms with E-state index in [-0.39, 0.29) is 0 Å². The molecule has 0 amide bonds. The molecule has 0 saturated heterocycles. The van der Waals surface area contributed by atoms with Crippen molar-refractivity contribution in [3.05, 3.63) is 47.5 Å². The average Bonchev–Trinajstić information content (AvgIpc) is 3.21. The monoisotopic (exact) mass is 238 g/mol. The Hall–Kier alpha value is -1.76. The second-order valence-corrected chi connectivity index (χ2v) is 5.08. The molecule has 0 aromatic heterocycles. The average molecular weight is 238 g/mol. The molecule has 1 saturated carbocycles. The molecule has 0 bridgehead atoms. The molecule has 1 aliphatic rings. The van der Waals surface area contributed by atoms with Gasteiger partial charge in [-0.3, -0.25) is 0 Å². The topological polar surface area (TPSA) is 9.23 Å². The first-order chi connectivity index (χ1) is 8.74. The van der Waals surface area contributed by atoms with E-state index in [0.29, 0.717) is 0 Å². The van der Waals surface area contributed by atoms with Crippen molar-refractivity contribution >= 4 is 16.8 Å². The second-order valence-electron chi connectivity index (χ2n) is 5.08. The van der Waals surface area contributed by atoms with Crippen molar-refractivity contribution in [1.29, 1.82) is 0 Å². The van der Waals surface area contributed by atoms with Gasteiger partial charge in [0.1, 0.15) is 5.75 Å². The first kappa shape index (κ1) is 11.3. The highest BCUT2D eigenvalue weighted by molar-refractivity contribution is 5.91. The molecule has 0 radical (unpaired) electrons. The van der Waals surface area contributed by atoms with E-state index in [9.17, 15) is 0 Å². The Bertz CT molecular complexity index is 621. The molecule has 2 aromatic rings. The first-order valence-electron chi connectivity index (χ1n) is 6.48. The molecule has 0 spiro atoms. The maximum absolute atomic E-state index is 5.52. The Balaban J connectivity index is 2.33. The third kappa shape index (κ3) is 1.71. The second kappa shape index (κ2) is 4.16. The summed E-state index contributed by atoms with van der Waals surface area (Å²) in [5.74, 6) is 1.74. The Kier molecular flexibility index (Phi) is 2.62. The van der Waals surface area contributed by atoms with Crippen LogP contribution in [0.15, 0.2) is 30.8 Å². The molecule has 18 heavy (non-hydrogen) atoms. The third-order valence-electron chi connectivity index (χ3n) is 3.87. The Morgan fingerprint density at radius 1 is 1.28 bits per heavy atom. The van der Waals surface area contributed by atoms with Crippen LogP contribution in [0.2, 0.25) is 0 Å². The molecule has 2 aromatic carbocycles. The number of ether oxygens (including phenoxy) is 1. The van der Waals surface area contributed by atoms with E-state index >= 15 is 0 Å². The van der Waals surface area contributed by atoms with Crippen LogP contribution in [0.3, 0.4) is 0 Å². The van der Waals surface area contributed by atoms with Crippen molar-refractivity contribution in [3.63, 3.8) is 0 Å². The van der Waals surface area contributed by atoms with Gasteiger partial charge < -0.3 is 4.74 Å². The van der Waals surface area contributed by atoms with E-state index in [2.05, 4.69) is 37.8 Å². The van der Waals surface area contributed by atoms with Gasteiger partial charge in [-0.25, -0.2) is 0 Å². The van der Waals surface area contributed by atoms with Gasteiger partial charge >= 0.3 is 0 Å². The van der Waals surface area contributed by atoms with Crippen molar-refractivity contribution in [2.75, 3.05) is 7.11 Å². The van der Waals surface area contributed by atoms with Crippen LogP contribution in [0.1, 0.15) is 35.4 Å². The molecule has 1 fully saturated rings. The van der Waals surface area contributed by atoms with Crippen molar-refractivity contribution in [2.45, 2.75) is 25.7 Å². The van der Waals surface area contributed by atoms with Gasteiger partial charge in [0.05, 0.1) is 7.11 Å². The minimum atomic E-state index is 0.734.